The van der Waals surface area contributed by atoms with Crippen molar-refractivity contribution in [2.45, 2.75) is 26.0 Å². The molecule has 0 amide bonds. The fraction of sp³-hybridized carbons (Fsp3) is 0.714. The predicted molar refractivity (Wildman–Crippen MR) is 39.0 cm³/mol. The molecule has 54 valence electrons. The van der Waals surface area contributed by atoms with Crippen LogP contribution < -0.4 is 5.73 Å². The van der Waals surface area contributed by atoms with E-state index in [1.54, 1.807) is 0 Å². The number of aliphatic hydroxyl groups is 1. The Labute approximate surface area is 56.4 Å². The van der Waals surface area contributed by atoms with Crippen LogP contribution in [0.1, 0.15) is 13.8 Å². The van der Waals surface area contributed by atoms with Gasteiger partial charge in [0.05, 0.1) is 6.10 Å². The Kier molecular flexibility index (Phi) is 3.50. The lowest BCUT2D eigenvalue weighted by Crippen LogP contribution is -2.37. The fourth-order valence-corrected chi connectivity index (χ4v) is 0.551. The van der Waals surface area contributed by atoms with E-state index in [1.807, 2.05) is 13.8 Å². The molecule has 0 aromatic heterocycles. The lowest BCUT2D eigenvalue weighted by Gasteiger charge is -2.18. The molecule has 0 aliphatic rings. The van der Waals surface area contributed by atoms with Crippen LogP contribution in [-0.2, 0) is 0 Å². The van der Waals surface area contributed by atoms with Gasteiger partial charge in [-0.15, -0.1) is 6.58 Å². The largest absolute Gasteiger partial charge is 0.387 e. The monoisotopic (exact) mass is 129 g/mol. The van der Waals surface area contributed by atoms with Gasteiger partial charge in [0.25, 0.3) is 0 Å². The summed E-state index contributed by atoms with van der Waals surface area (Å²) in [6, 6.07) is -0.178. The van der Waals surface area contributed by atoms with E-state index in [9.17, 15) is 0 Å². The van der Waals surface area contributed by atoms with Crippen molar-refractivity contribution in [1.82, 2.24) is 0 Å². The third-order valence-corrected chi connectivity index (χ3v) is 1.41. The van der Waals surface area contributed by atoms with Gasteiger partial charge in [-0.25, -0.2) is 0 Å². The highest BCUT2D eigenvalue weighted by Crippen LogP contribution is 2.03. The normalized spacial score (nSPS) is 17.4. The standard InChI is InChI=1S/C7H15NO/c1-4-6(9)7(8)5(2)3/h4-7,9H,1,8H2,2-3H3/t6-,7-/m0/s1. The summed E-state index contributed by atoms with van der Waals surface area (Å²) in [6.07, 6.45) is 0.898. The molecule has 0 heterocycles. The smallest absolute Gasteiger partial charge is 0.0871 e. The van der Waals surface area contributed by atoms with E-state index in [2.05, 4.69) is 6.58 Å². The number of aliphatic hydroxyl groups excluding tert-OH is 1. The van der Waals surface area contributed by atoms with Crippen LogP contribution in [0.2, 0.25) is 0 Å². The molecule has 0 spiro atoms. The van der Waals surface area contributed by atoms with Gasteiger partial charge in [0.2, 0.25) is 0 Å². The summed E-state index contributed by atoms with van der Waals surface area (Å²) in [4.78, 5) is 0. The second-order valence-electron chi connectivity index (χ2n) is 2.55. The van der Waals surface area contributed by atoms with Crippen molar-refractivity contribution in [2.75, 3.05) is 0 Å². The second-order valence-corrected chi connectivity index (χ2v) is 2.55. The molecule has 2 atom stereocenters. The average molecular weight is 129 g/mol. The van der Waals surface area contributed by atoms with Crippen LogP contribution in [0.15, 0.2) is 12.7 Å². The van der Waals surface area contributed by atoms with E-state index in [-0.39, 0.29) is 6.04 Å². The molecular weight excluding hydrogens is 114 g/mol. The van der Waals surface area contributed by atoms with Gasteiger partial charge in [-0.2, -0.15) is 0 Å². The Hall–Kier alpha value is -0.340. The average Bonchev–Trinajstić information content (AvgIpc) is 1.84. The highest BCUT2D eigenvalue weighted by molar-refractivity contribution is 4.88. The molecule has 0 bridgehead atoms. The molecule has 0 saturated heterocycles. The minimum Gasteiger partial charge on any atom is -0.387 e. The van der Waals surface area contributed by atoms with Crippen LogP contribution in [0, 0.1) is 5.92 Å². The van der Waals surface area contributed by atoms with Crippen molar-refractivity contribution in [3.63, 3.8) is 0 Å². The molecule has 3 N–H and O–H groups in total. The Balaban J connectivity index is 3.71. The zero-order valence-corrected chi connectivity index (χ0v) is 6.04. The number of hydrogen-bond donors (Lipinski definition) is 2. The molecule has 0 aliphatic heterocycles. The predicted octanol–water partition coefficient (Wildman–Crippen LogP) is 0.517. The van der Waals surface area contributed by atoms with E-state index in [4.69, 9.17) is 10.8 Å². The second kappa shape index (κ2) is 3.64. The molecule has 0 aromatic carbocycles. The van der Waals surface area contributed by atoms with Crippen molar-refractivity contribution in [3.05, 3.63) is 12.7 Å². The quantitative estimate of drug-likeness (QED) is 0.546. The van der Waals surface area contributed by atoms with Gasteiger partial charge in [0.1, 0.15) is 0 Å². The first-order valence-electron chi connectivity index (χ1n) is 3.15. The number of hydrogen-bond acceptors (Lipinski definition) is 2. The summed E-state index contributed by atoms with van der Waals surface area (Å²) >= 11 is 0. The van der Waals surface area contributed by atoms with Gasteiger partial charge in [-0.05, 0) is 5.92 Å². The molecule has 0 radical (unpaired) electrons. The molecule has 0 fully saturated rings. The first-order valence-corrected chi connectivity index (χ1v) is 3.15. The SMILES string of the molecule is C=C[C@H](O)[C@@H](N)C(C)C. The van der Waals surface area contributed by atoms with Crippen LogP contribution in [0.25, 0.3) is 0 Å². The van der Waals surface area contributed by atoms with E-state index in [1.165, 1.54) is 6.08 Å². The third-order valence-electron chi connectivity index (χ3n) is 1.41. The van der Waals surface area contributed by atoms with Gasteiger partial charge >= 0.3 is 0 Å². The maximum absolute atomic E-state index is 9.05. The Morgan fingerprint density at radius 1 is 1.56 bits per heavy atom. The highest BCUT2D eigenvalue weighted by Gasteiger charge is 2.13. The van der Waals surface area contributed by atoms with Crippen molar-refractivity contribution in [3.8, 4) is 0 Å². The summed E-state index contributed by atoms with van der Waals surface area (Å²) in [5.74, 6) is 0.304. The maximum atomic E-state index is 9.05. The third kappa shape index (κ3) is 2.63. The lowest BCUT2D eigenvalue weighted by molar-refractivity contribution is 0.168. The van der Waals surface area contributed by atoms with E-state index >= 15 is 0 Å². The highest BCUT2D eigenvalue weighted by atomic mass is 16.3. The number of nitrogens with two attached hydrogens (primary N) is 1. The zero-order chi connectivity index (χ0) is 7.44. The first-order chi connectivity index (χ1) is 4.09. The first kappa shape index (κ1) is 8.66. The van der Waals surface area contributed by atoms with Crippen molar-refractivity contribution >= 4 is 0 Å². The van der Waals surface area contributed by atoms with Crippen molar-refractivity contribution in [1.29, 1.82) is 0 Å². The molecule has 2 nitrogen and oxygen atoms in total. The zero-order valence-electron chi connectivity index (χ0n) is 6.04. The van der Waals surface area contributed by atoms with E-state index in [0.717, 1.165) is 0 Å². The molecule has 0 unspecified atom stereocenters. The molecular formula is C7H15NO. The van der Waals surface area contributed by atoms with Gasteiger partial charge in [-0.3, -0.25) is 0 Å². The molecule has 0 saturated carbocycles. The summed E-state index contributed by atoms with van der Waals surface area (Å²) < 4.78 is 0. The summed E-state index contributed by atoms with van der Waals surface area (Å²) in [5.41, 5.74) is 5.55. The Morgan fingerprint density at radius 2 is 2.00 bits per heavy atom. The van der Waals surface area contributed by atoms with Crippen LogP contribution in [0.5, 0.6) is 0 Å². The summed E-state index contributed by atoms with van der Waals surface area (Å²) in [6.45, 7) is 7.37. The molecule has 9 heavy (non-hydrogen) atoms. The minimum atomic E-state index is -0.565. The van der Waals surface area contributed by atoms with Gasteiger partial charge in [0.15, 0.2) is 0 Å². The van der Waals surface area contributed by atoms with Crippen molar-refractivity contribution < 1.29 is 5.11 Å². The lowest BCUT2D eigenvalue weighted by atomic mass is 10.00. The Morgan fingerprint density at radius 3 is 2.11 bits per heavy atom. The number of rotatable bonds is 3. The van der Waals surface area contributed by atoms with E-state index < -0.39 is 6.10 Å². The fourth-order valence-electron chi connectivity index (χ4n) is 0.551. The van der Waals surface area contributed by atoms with Crippen LogP contribution >= 0.6 is 0 Å². The van der Waals surface area contributed by atoms with Crippen molar-refractivity contribution in [2.24, 2.45) is 11.7 Å². The molecule has 0 rings (SSSR count). The van der Waals surface area contributed by atoms with Crippen LogP contribution in [-0.4, -0.2) is 17.3 Å². The molecule has 0 aliphatic carbocycles. The van der Waals surface area contributed by atoms with Gasteiger partial charge in [-0.1, -0.05) is 19.9 Å². The summed E-state index contributed by atoms with van der Waals surface area (Å²) in [5, 5.41) is 9.05. The topological polar surface area (TPSA) is 46.2 Å². The molecule has 2 heteroatoms. The minimum absolute atomic E-state index is 0.178. The Bertz CT molecular complexity index is 90.9. The van der Waals surface area contributed by atoms with Crippen LogP contribution in [0.3, 0.4) is 0 Å². The van der Waals surface area contributed by atoms with Gasteiger partial charge < -0.3 is 10.8 Å². The van der Waals surface area contributed by atoms with E-state index in [0.29, 0.717) is 5.92 Å². The van der Waals surface area contributed by atoms with Crippen LogP contribution in [0.4, 0.5) is 0 Å². The maximum Gasteiger partial charge on any atom is 0.0871 e. The van der Waals surface area contributed by atoms with Gasteiger partial charge in [0, 0.05) is 6.04 Å². The molecule has 0 aromatic rings. The summed E-state index contributed by atoms with van der Waals surface area (Å²) in [7, 11) is 0.